The molecule has 1 aliphatic rings. The summed E-state index contributed by atoms with van der Waals surface area (Å²) in [4.78, 5) is 25.0. The topological polar surface area (TPSA) is 92.3 Å². The molecular formula is C22H25NO7. The number of benzene rings is 2. The molecule has 3 rings (SSSR count). The third kappa shape index (κ3) is 5.01. The third-order valence-electron chi connectivity index (χ3n) is 4.73. The molecule has 1 unspecified atom stereocenters. The van der Waals surface area contributed by atoms with Crippen molar-refractivity contribution < 1.29 is 33.3 Å². The highest BCUT2D eigenvalue weighted by Crippen LogP contribution is 2.34. The minimum atomic E-state index is -0.611. The second-order valence-electron chi connectivity index (χ2n) is 6.67. The van der Waals surface area contributed by atoms with E-state index in [2.05, 4.69) is 5.32 Å². The number of hydrogen-bond acceptors (Lipinski definition) is 7. The van der Waals surface area contributed by atoms with Crippen LogP contribution in [0.25, 0.3) is 0 Å². The Morgan fingerprint density at radius 1 is 1.10 bits per heavy atom. The van der Waals surface area contributed by atoms with Gasteiger partial charge in [-0.15, -0.1) is 0 Å². The van der Waals surface area contributed by atoms with Crippen molar-refractivity contribution in [3.05, 3.63) is 47.5 Å². The van der Waals surface area contributed by atoms with E-state index in [0.717, 1.165) is 19.4 Å². The van der Waals surface area contributed by atoms with E-state index in [9.17, 15) is 9.59 Å². The number of carbonyl (C=O) groups excluding carboxylic acids is 2. The standard InChI is InChI=1S/C22H25NO7/c1-26-19-11-17(22(25)28-3)18(12-20(19)27-2)23-21(24)14-6-4-7-15(10-14)30-13-16-8-5-9-29-16/h4,6-7,10-12,16H,5,8-9,13H2,1-3H3,(H,23,24). The average Bonchev–Trinajstić information content (AvgIpc) is 3.30. The average molecular weight is 415 g/mol. The molecule has 160 valence electrons. The molecule has 0 aliphatic carbocycles. The lowest BCUT2D eigenvalue weighted by molar-refractivity contribution is 0.0601. The predicted molar refractivity (Wildman–Crippen MR) is 110 cm³/mol. The number of hydrogen-bond donors (Lipinski definition) is 1. The molecule has 0 bridgehead atoms. The second-order valence-corrected chi connectivity index (χ2v) is 6.67. The van der Waals surface area contributed by atoms with Crippen molar-refractivity contribution in [3.63, 3.8) is 0 Å². The fraction of sp³-hybridized carbons (Fsp3) is 0.364. The Bertz CT molecular complexity index is 906. The quantitative estimate of drug-likeness (QED) is 0.661. The molecule has 1 fully saturated rings. The zero-order chi connectivity index (χ0) is 21.5. The Kier molecular flexibility index (Phi) is 7.13. The maximum atomic E-state index is 12.8. The van der Waals surface area contributed by atoms with Gasteiger partial charge in [0.15, 0.2) is 11.5 Å². The van der Waals surface area contributed by atoms with Crippen LogP contribution < -0.4 is 19.5 Å². The molecule has 0 saturated carbocycles. The largest absolute Gasteiger partial charge is 0.493 e. The van der Waals surface area contributed by atoms with Crippen LogP contribution in [-0.4, -0.2) is 52.5 Å². The lowest BCUT2D eigenvalue weighted by Crippen LogP contribution is -2.17. The van der Waals surface area contributed by atoms with Gasteiger partial charge in [0.05, 0.1) is 38.7 Å². The zero-order valence-corrected chi connectivity index (χ0v) is 17.2. The van der Waals surface area contributed by atoms with E-state index in [0.29, 0.717) is 29.4 Å². The summed E-state index contributed by atoms with van der Waals surface area (Å²) in [7, 11) is 4.19. The number of methoxy groups -OCH3 is 3. The number of esters is 1. The van der Waals surface area contributed by atoms with Gasteiger partial charge in [0.1, 0.15) is 12.4 Å². The van der Waals surface area contributed by atoms with Gasteiger partial charge in [0.25, 0.3) is 5.91 Å². The number of ether oxygens (including phenoxy) is 5. The van der Waals surface area contributed by atoms with E-state index >= 15 is 0 Å². The maximum absolute atomic E-state index is 12.8. The highest BCUT2D eigenvalue weighted by Gasteiger charge is 2.20. The normalized spacial score (nSPS) is 15.4. The minimum absolute atomic E-state index is 0.0804. The molecule has 8 nitrogen and oxygen atoms in total. The van der Waals surface area contributed by atoms with E-state index in [-0.39, 0.29) is 17.4 Å². The number of nitrogens with one attached hydrogen (secondary N) is 1. The molecule has 8 heteroatoms. The van der Waals surface area contributed by atoms with Crippen LogP contribution in [0.2, 0.25) is 0 Å². The summed E-state index contributed by atoms with van der Waals surface area (Å²) < 4.78 is 26.6. The number of anilines is 1. The van der Waals surface area contributed by atoms with Crippen molar-refractivity contribution >= 4 is 17.6 Å². The van der Waals surface area contributed by atoms with Crippen molar-refractivity contribution in [1.29, 1.82) is 0 Å². The van der Waals surface area contributed by atoms with Crippen LogP contribution in [0.4, 0.5) is 5.69 Å². The molecule has 1 aliphatic heterocycles. The molecule has 1 saturated heterocycles. The maximum Gasteiger partial charge on any atom is 0.340 e. The molecule has 2 aromatic rings. The minimum Gasteiger partial charge on any atom is -0.493 e. The lowest BCUT2D eigenvalue weighted by Gasteiger charge is -2.15. The molecule has 1 heterocycles. The van der Waals surface area contributed by atoms with Crippen LogP contribution in [-0.2, 0) is 9.47 Å². The Morgan fingerprint density at radius 3 is 2.53 bits per heavy atom. The van der Waals surface area contributed by atoms with Gasteiger partial charge in [-0.1, -0.05) is 6.07 Å². The smallest absolute Gasteiger partial charge is 0.340 e. The van der Waals surface area contributed by atoms with Crippen LogP contribution >= 0.6 is 0 Å². The summed E-state index contributed by atoms with van der Waals surface area (Å²) in [5, 5.41) is 2.74. The molecule has 30 heavy (non-hydrogen) atoms. The number of amides is 1. The van der Waals surface area contributed by atoms with Gasteiger partial charge in [0.2, 0.25) is 0 Å². The summed E-state index contributed by atoms with van der Waals surface area (Å²) in [6, 6.07) is 9.79. The molecule has 0 aromatic heterocycles. The SMILES string of the molecule is COC(=O)c1cc(OC)c(OC)cc1NC(=O)c1cccc(OCC2CCCO2)c1. The molecule has 2 aromatic carbocycles. The molecule has 1 atom stereocenters. The highest BCUT2D eigenvalue weighted by atomic mass is 16.5. The summed E-state index contributed by atoms with van der Waals surface area (Å²) >= 11 is 0. The van der Waals surface area contributed by atoms with E-state index in [1.54, 1.807) is 24.3 Å². The van der Waals surface area contributed by atoms with Crippen molar-refractivity contribution in [2.75, 3.05) is 39.9 Å². The monoisotopic (exact) mass is 415 g/mol. The first-order chi connectivity index (χ1) is 14.5. The summed E-state index contributed by atoms with van der Waals surface area (Å²) in [6.07, 6.45) is 2.08. The van der Waals surface area contributed by atoms with Crippen molar-refractivity contribution in [1.82, 2.24) is 0 Å². The van der Waals surface area contributed by atoms with Gasteiger partial charge in [-0.2, -0.15) is 0 Å². The van der Waals surface area contributed by atoms with E-state index in [1.165, 1.54) is 33.5 Å². The van der Waals surface area contributed by atoms with Crippen LogP contribution in [0.5, 0.6) is 17.2 Å². The van der Waals surface area contributed by atoms with Gasteiger partial charge < -0.3 is 29.0 Å². The first-order valence-electron chi connectivity index (χ1n) is 9.56. The zero-order valence-electron chi connectivity index (χ0n) is 17.2. The lowest BCUT2D eigenvalue weighted by atomic mass is 10.1. The number of carbonyl (C=O) groups is 2. The fourth-order valence-corrected chi connectivity index (χ4v) is 3.15. The van der Waals surface area contributed by atoms with Gasteiger partial charge in [-0.05, 0) is 31.0 Å². The van der Waals surface area contributed by atoms with E-state index in [4.69, 9.17) is 23.7 Å². The predicted octanol–water partition coefficient (Wildman–Crippen LogP) is 3.30. The Labute approximate surface area is 175 Å². The van der Waals surface area contributed by atoms with Crippen LogP contribution in [0.1, 0.15) is 33.6 Å². The first kappa shape index (κ1) is 21.4. The van der Waals surface area contributed by atoms with Crippen molar-refractivity contribution in [2.24, 2.45) is 0 Å². The van der Waals surface area contributed by atoms with E-state index in [1.807, 2.05) is 0 Å². The second kappa shape index (κ2) is 9.98. The van der Waals surface area contributed by atoms with Gasteiger partial charge in [0, 0.05) is 24.3 Å². The van der Waals surface area contributed by atoms with Gasteiger partial charge in [-0.25, -0.2) is 4.79 Å². The fourth-order valence-electron chi connectivity index (χ4n) is 3.15. The molecule has 0 radical (unpaired) electrons. The van der Waals surface area contributed by atoms with Crippen molar-refractivity contribution in [3.8, 4) is 17.2 Å². The molecule has 0 spiro atoms. The summed E-state index contributed by atoms with van der Waals surface area (Å²) in [5.41, 5.74) is 0.773. The Morgan fingerprint density at radius 2 is 1.87 bits per heavy atom. The summed E-state index contributed by atoms with van der Waals surface area (Å²) in [5.74, 6) is 0.267. The molecule has 1 N–H and O–H groups in total. The molecule has 1 amide bonds. The summed E-state index contributed by atoms with van der Waals surface area (Å²) in [6.45, 7) is 1.19. The highest BCUT2D eigenvalue weighted by molar-refractivity contribution is 6.08. The van der Waals surface area contributed by atoms with Gasteiger partial charge >= 0.3 is 5.97 Å². The van der Waals surface area contributed by atoms with Crippen LogP contribution in [0.3, 0.4) is 0 Å². The van der Waals surface area contributed by atoms with Gasteiger partial charge in [-0.3, -0.25) is 4.79 Å². The van der Waals surface area contributed by atoms with Crippen LogP contribution in [0, 0.1) is 0 Å². The number of rotatable bonds is 8. The Hall–Kier alpha value is -3.26. The third-order valence-corrected chi connectivity index (χ3v) is 4.73. The van der Waals surface area contributed by atoms with Crippen molar-refractivity contribution in [2.45, 2.75) is 18.9 Å². The Balaban J connectivity index is 1.79. The van der Waals surface area contributed by atoms with Crippen LogP contribution in [0.15, 0.2) is 36.4 Å². The molecular weight excluding hydrogens is 390 g/mol. The van der Waals surface area contributed by atoms with E-state index < -0.39 is 11.9 Å². The first-order valence-corrected chi connectivity index (χ1v) is 9.56.